The first-order valence-corrected chi connectivity index (χ1v) is 8.95. The summed E-state index contributed by atoms with van der Waals surface area (Å²) in [6, 6.07) is 0. The van der Waals surface area contributed by atoms with Crippen molar-refractivity contribution >= 4 is 6.29 Å². The highest BCUT2D eigenvalue weighted by atomic mass is 16.5. The highest BCUT2D eigenvalue weighted by Gasteiger charge is 2.45. The van der Waals surface area contributed by atoms with Crippen LogP contribution in [0, 0.1) is 5.92 Å². The van der Waals surface area contributed by atoms with E-state index < -0.39 is 0 Å². The van der Waals surface area contributed by atoms with Crippen LogP contribution in [0.3, 0.4) is 0 Å². The van der Waals surface area contributed by atoms with Crippen LogP contribution in [0.2, 0.25) is 0 Å². The summed E-state index contributed by atoms with van der Waals surface area (Å²) in [5.41, 5.74) is -0.501. The fourth-order valence-corrected chi connectivity index (χ4v) is 3.91. The van der Waals surface area contributed by atoms with Crippen LogP contribution in [0.25, 0.3) is 0 Å². The van der Waals surface area contributed by atoms with Gasteiger partial charge in [-0.1, -0.05) is 13.8 Å². The summed E-state index contributed by atoms with van der Waals surface area (Å²) >= 11 is 0. The topological polar surface area (TPSA) is 32.8 Å². The van der Waals surface area contributed by atoms with Crippen molar-refractivity contribution in [2.75, 3.05) is 39.3 Å². The minimum atomic E-state index is -0.310. The summed E-state index contributed by atoms with van der Waals surface area (Å²) in [7, 11) is 0. The Kier molecular flexibility index (Phi) is 6.03. The maximum atomic E-state index is 12.0. The highest BCUT2D eigenvalue weighted by molar-refractivity contribution is 5.65. The fraction of sp³-hybridized carbons (Fsp3) is 0.944. The number of nitrogens with zero attached hydrogens (tertiary/aromatic N) is 2. The number of rotatable bonds is 5. The molecule has 4 nitrogen and oxygen atoms in total. The van der Waals surface area contributed by atoms with Crippen molar-refractivity contribution in [3.05, 3.63) is 0 Å². The van der Waals surface area contributed by atoms with Gasteiger partial charge in [0.25, 0.3) is 0 Å². The van der Waals surface area contributed by atoms with Gasteiger partial charge in [-0.05, 0) is 52.1 Å². The van der Waals surface area contributed by atoms with E-state index in [1.165, 1.54) is 19.3 Å². The standard InChI is InChI=1S/C18H34N2O2/c1-16(2)6-10-19-8-5-9-20(12-11-19)18(15-21)7-13-22-17(3,4)14-18/h15-16H,5-14H2,1-4H3. The third-order valence-electron chi connectivity index (χ3n) is 5.22. The van der Waals surface area contributed by atoms with Gasteiger partial charge < -0.3 is 14.4 Å². The molecule has 0 aromatic rings. The second-order valence-electron chi connectivity index (χ2n) is 8.12. The Morgan fingerprint density at radius 1 is 1.18 bits per heavy atom. The molecule has 0 aromatic carbocycles. The molecule has 0 aromatic heterocycles. The Morgan fingerprint density at radius 2 is 1.95 bits per heavy atom. The van der Waals surface area contributed by atoms with Crippen molar-refractivity contribution in [2.45, 2.75) is 64.5 Å². The molecule has 2 rings (SSSR count). The molecule has 0 bridgehead atoms. The van der Waals surface area contributed by atoms with Crippen LogP contribution in [-0.4, -0.2) is 66.6 Å². The molecule has 2 aliphatic rings. The van der Waals surface area contributed by atoms with Crippen LogP contribution < -0.4 is 0 Å². The first kappa shape index (κ1) is 17.9. The molecule has 2 fully saturated rings. The van der Waals surface area contributed by atoms with Crippen molar-refractivity contribution in [1.82, 2.24) is 9.80 Å². The van der Waals surface area contributed by atoms with E-state index in [4.69, 9.17) is 4.74 Å². The van der Waals surface area contributed by atoms with Crippen LogP contribution in [-0.2, 0) is 9.53 Å². The number of aldehydes is 1. The second kappa shape index (κ2) is 7.41. The predicted octanol–water partition coefficient (Wildman–Crippen LogP) is 2.57. The van der Waals surface area contributed by atoms with E-state index in [1.54, 1.807) is 0 Å². The molecule has 128 valence electrons. The molecular formula is C18H34N2O2. The van der Waals surface area contributed by atoms with Gasteiger partial charge in [-0.2, -0.15) is 0 Å². The summed E-state index contributed by atoms with van der Waals surface area (Å²) in [4.78, 5) is 17.0. The number of hydrogen-bond acceptors (Lipinski definition) is 4. The van der Waals surface area contributed by atoms with Gasteiger partial charge in [0, 0.05) is 32.7 Å². The summed E-state index contributed by atoms with van der Waals surface area (Å²) in [6.07, 6.45) is 5.29. The van der Waals surface area contributed by atoms with Gasteiger partial charge >= 0.3 is 0 Å². The zero-order valence-corrected chi connectivity index (χ0v) is 14.9. The van der Waals surface area contributed by atoms with E-state index in [-0.39, 0.29) is 11.1 Å². The molecule has 0 amide bonds. The van der Waals surface area contributed by atoms with Gasteiger partial charge in [-0.3, -0.25) is 4.90 Å². The summed E-state index contributed by atoms with van der Waals surface area (Å²) < 4.78 is 5.83. The van der Waals surface area contributed by atoms with E-state index in [0.29, 0.717) is 6.61 Å². The van der Waals surface area contributed by atoms with E-state index in [1.807, 2.05) is 0 Å². The molecule has 4 heteroatoms. The number of hydrogen-bond donors (Lipinski definition) is 0. The molecule has 2 heterocycles. The number of carbonyl (C=O) groups is 1. The van der Waals surface area contributed by atoms with Gasteiger partial charge in [0.2, 0.25) is 0 Å². The van der Waals surface area contributed by atoms with Gasteiger partial charge in [0.15, 0.2) is 0 Å². The largest absolute Gasteiger partial charge is 0.375 e. The van der Waals surface area contributed by atoms with E-state index >= 15 is 0 Å². The number of ether oxygens (including phenoxy) is 1. The average molecular weight is 310 g/mol. The van der Waals surface area contributed by atoms with Crippen molar-refractivity contribution in [1.29, 1.82) is 0 Å². The maximum Gasteiger partial charge on any atom is 0.140 e. The third-order valence-corrected chi connectivity index (χ3v) is 5.22. The fourth-order valence-electron chi connectivity index (χ4n) is 3.91. The first-order chi connectivity index (χ1) is 10.4. The Morgan fingerprint density at radius 3 is 2.59 bits per heavy atom. The first-order valence-electron chi connectivity index (χ1n) is 8.95. The molecule has 0 radical (unpaired) electrons. The van der Waals surface area contributed by atoms with Crippen molar-refractivity contribution < 1.29 is 9.53 Å². The molecule has 2 saturated heterocycles. The van der Waals surface area contributed by atoms with E-state index in [2.05, 4.69) is 37.5 Å². The van der Waals surface area contributed by atoms with Crippen molar-refractivity contribution in [3.63, 3.8) is 0 Å². The summed E-state index contributed by atoms with van der Waals surface area (Å²) in [5.74, 6) is 0.761. The third kappa shape index (κ3) is 4.53. The zero-order chi connectivity index (χ0) is 16.2. The van der Waals surface area contributed by atoms with E-state index in [0.717, 1.165) is 51.4 Å². The van der Waals surface area contributed by atoms with Gasteiger partial charge in [0.05, 0.1) is 11.1 Å². The van der Waals surface area contributed by atoms with Crippen LogP contribution in [0.1, 0.15) is 53.4 Å². The molecule has 2 aliphatic heterocycles. The van der Waals surface area contributed by atoms with Crippen LogP contribution >= 0.6 is 0 Å². The average Bonchev–Trinajstić information content (AvgIpc) is 2.69. The van der Waals surface area contributed by atoms with Crippen molar-refractivity contribution in [3.8, 4) is 0 Å². The Labute approximate surface area is 136 Å². The molecule has 1 unspecified atom stereocenters. The highest BCUT2D eigenvalue weighted by Crippen LogP contribution is 2.35. The van der Waals surface area contributed by atoms with E-state index in [9.17, 15) is 4.79 Å². The second-order valence-corrected chi connectivity index (χ2v) is 8.12. The molecule has 0 spiro atoms. The number of carbonyl (C=O) groups excluding carboxylic acids is 1. The molecule has 0 aliphatic carbocycles. The minimum absolute atomic E-state index is 0.192. The lowest BCUT2D eigenvalue weighted by molar-refractivity contribution is -0.143. The smallest absolute Gasteiger partial charge is 0.140 e. The molecule has 1 atom stereocenters. The lowest BCUT2D eigenvalue weighted by atomic mass is 9.80. The molecule has 0 N–H and O–H groups in total. The summed E-state index contributed by atoms with van der Waals surface area (Å²) in [6.45, 7) is 15.0. The Bertz CT molecular complexity index is 370. The van der Waals surface area contributed by atoms with Gasteiger partial charge in [-0.25, -0.2) is 0 Å². The van der Waals surface area contributed by atoms with Crippen LogP contribution in [0.4, 0.5) is 0 Å². The molecular weight excluding hydrogens is 276 g/mol. The predicted molar refractivity (Wildman–Crippen MR) is 90.1 cm³/mol. The lowest BCUT2D eigenvalue weighted by Gasteiger charge is -2.47. The molecule has 0 saturated carbocycles. The monoisotopic (exact) mass is 310 g/mol. The molecule has 22 heavy (non-hydrogen) atoms. The van der Waals surface area contributed by atoms with Crippen LogP contribution in [0.5, 0.6) is 0 Å². The van der Waals surface area contributed by atoms with Gasteiger partial charge in [-0.15, -0.1) is 0 Å². The normalized spacial score (nSPS) is 31.1. The lowest BCUT2D eigenvalue weighted by Crippen LogP contribution is -2.58. The maximum absolute atomic E-state index is 12.0. The van der Waals surface area contributed by atoms with Crippen molar-refractivity contribution in [2.24, 2.45) is 5.92 Å². The SMILES string of the molecule is CC(C)CCN1CCCN(C2(C=O)CCOC(C)(C)C2)CC1. The Hall–Kier alpha value is -0.450. The zero-order valence-electron chi connectivity index (χ0n) is 14.9. The summed E-state index contributed by atoms with van der Waals surface area (Å²) in [5, 5.41) is 0. The van der Waals surface area contributed by atoms with Crippen LogP contribution in [0.15, 0.2) is 0 Å². The minimum Gasteiger partial charge on any atom is -0.375 e. The Balaban J connectivity index is 1.97. The quantitative estimate of drug-likeness (QED) is 0.731. The van der Waals surface area contributed by atoms with Gasteiger partial charge in [0.1, 0.15) is 6.29 Å².